The van der Waals surface area contributed by atoms with Gasteiger partial charge in [0.2, 0.25) is 0 Å². The third-order valence-corrected chi connectivity index (χ3v) is 5.41. The maximum absolute atomic E-state index is 12.2. The fraction of sp³-hybridized carbons (Fsp3) is 0.217. The molecule has 1 amide bonds. The van der Waals surface area contributed by atoms with Gasteiger partial charge in [0, 0.05) is 13.1 Å². The molecular weight excluding hydrogens is 428 g/mol. The minimum absolute atomic E-state index is 0.121. The molecule has 33 heavy (non-hydrogen) atoms. The third-order valence-electron chi connectivity index (χ3n) is 5.41. The minimum atomic E-state index is -0.942. The number of carbonyl (C=O) groups excluding carboxylic acids is 1. The fourth-order valence-electron chi connectivity index (χ4n) is 3.39. The van der Waals surface area contributed by atoms with Crippen LogP contribution >= 0.6 is 0 Å². The number of carboxylic acid groups (broad SMARTS) is 1. The van der Waals surface area contributed by atoms with Crippen LogP contribution in [-0.2, 0) is 28.6 Å². The molecule has 0 unspecified atom stereocenters. The Morgan fingerprint density at radius 3 is 2.70 bits per heavy atom. The van der Waals surface area contributed by atoms with Crippen molar-refractivity contribution in [3.05, 3.63) is 65.2 Å². The molecule has 1 saturated carbocycles. The number of hydrogen-bond donors (Lipinski definition) is 2. The lowest BCUT2D eigenvalue weighted by atomic mass is 10.0. The number of aromatic nitrogens is 3. The second-order valence-corrected chi connectivity index (χ2v) is 7.70. The number of nitrogens with zero attached hydrogens (tertiary/aromatic N) is 3. The molecule has 0 bridgehead atoms. The van der Waals surface area contributed by atoms with Crippen molar-refractivity contribution in [3.8, 4) is 11.8 Å². The highest BCUT2D eigenvalue weighted by atomic mass is 16.5. The number of anilines is 1. The van der Waals surface area contributed by atoms with Crippen molar-refractivity contribution in [1.29, 1.82) is 0 Å². The van der Waals surface area contributed by atoms with E-state index in [1.165, 1.54) is 4.68 Å². The van der Waals surface area contributed by atoms with E-state index >= 15 is 0 Å². The SMILES string of the molecule is Cn1nnc(C#Cc2cc3cc(C4(C(=O)O)CC4)oc3o2)c1NC(=O)OCc1ccccc1. The van der Waals surface area contributed by atoms with E-state index in [9.17, 15) is 14.7 Å². The number of hydrogen-bond acceptors (Lipinski definition) is 7. The number of carbonyl (C=O) groups is 2. The maximum atomic E-state index is 12.2. The number of carboxylic acids is 1. The van der Waals surface area contributed by atoms with Gasteiger partial charge in [-0.1, -0.05) is 35.5 Å². The van der Waals surface area contributed by atoms with E-state index in [2.05, 4.69) is 27.5 Å². The quantitative estimate of drug-likeness (QED) is 0.446. The predicted molar refractivity (Wildman–Crippen MR) is 114 cm³/mol. The molecule has 10 nitrogen and oxygen atoms in total. The van der Waals surface area contributed by atoms with Crippen LogP contribution in [0.3, 0.4) is 0 Å². The van der Waals surface area contributed by atoms with Gasteiger partial charge in [0.15, 0.2) is 17.3 Å². The highest BCUT2D eigenvalue weighted by Crippen LogP contribution is 2.50. The molecular formula is C23H18N4O6. The lowest BCUT2D eigenvalue weighted by molar-refractivity contribution is -0.140. The van der Waals surface area contributed by atoms with Gasteiger partial charge in [0.05, 0.1) is 5.39 Å². The van der Waals surface area contributed by atoms with Crippen LogP contribution in [0.1, 0.15) is 35.6 Å². The number of nitrogens with one attached hydrogen (secondary N) is 1. The Morgan fingerprint density at radius 1 is 1.21 bits per heavy atom. The number of amides is 1. The van der Waals surface area contributed by atoms with Crippen molar-refractivity contribution in [2.75, 3.05) is 5.32 Å². The van der Waals surface area contributed by atoms with Gasteiger partial charge in [0.25, 0.3) is 5.78 Å². The number of aliphatic carboxylic acids is 1. The molecule has 0 radical (unpaired) electrons. The van der Waals surface area contributed by atoms with Gasteiger partial charge < -0.3 is 18.7 Å². The Hall–Kier alpha value is -4.52. The summed E-state index contributed by atoms with van der Waals surface area (Å²) in [4.78, 5) is 23.7. The lowest BCUT2D eigenvalue weighted by Gasteiger charge is -2.07. The minimum Gasteiger partial charge on any atom is -0.480 e. The Morgan fingerprint density at radius 2 is 2.00 bits per heavy atom. The first-order valence-electron chi connectivity index (χ1n) is 10.1. The summed E-state index contributed by atoms with van der Waals surface area (Å²) in [5.41, 5.74) is 0.144. The summed E-state index contributed by atoms with van der Waals surface area (Å²) in [6.45, 7) is 0.121. The molecule has 3 aromatic heterocycles. The molecule has 0 spiro atoms. The Bertz CT molecular complexity index is 1380. The zero-order valence-corrected chi connectivity index (χ0v) is 17.5. The molecule has 0 aliphatic heterocycles. The predicted octanol–water partition coefficient (Wildman–Crippen LogP) is 3.42. The lowest BCUT2D eigenvalue weighted by Crippen LogP contribution is -2.18. The van der Waals surface area contributed by atoms with E-state index in [1.54, 1.807) is 19.2 Å². The third kappa shape index (κ3) is 3.92. The first-order chi connectivity index (χ1) is 15.9. The van der Waals surface area contributed by atoms with Gasteiger partial charge in [-0.3, -0.25) is 10.1 Å². The molecule has 0 atom stereocenters. The standard InChI is InChI=1S/C23H18N4O6/c1-27-19(24-22(30)31-13-14-5-3-2-4-6-14)17(25-26-27)8-7-16-11-15-12-18(33-20(15)32-16)23(9-10-23)21(28)29/h2-6,11-12H,9-10,13H2,1H3,(H,24,30)(H,28,29). The van der Waals surface area contributed by atoms with E-state index in [1.807, 2.05) is 30.3 Å². The van der Waals surface area contributed by atoms with Gasteiger partial charge in [-0.2, -0.15) is 0 Å². The number of ether oxygens (including phenoxy) is 1. The molecule has 1 fully saturated rings. The van der Waals surface area contributed by atoms with Crippen LogP contribution in [0.4, 0.5) is 10.6 Å². The second-order valence-electron chi connectivity index (χ2n) is 7.70. The van der Waals surface area contributed by atoms with Crippen LogP contribution in [0.2, 0.25) is 0 Å². The summed E-state index contributed by atoms with van der Waals surface area (Å²) in [6, 6.07) is 12.6. The Kier molecular flexibility index (Phi) is 4.86. The number of rotatable bonds is 5. The van der Waals surface area contributed by atoms with E-state index < -0.39 is 17.5 Å². The molecule has 1 aliphatic rings. The van der Waals surface area contributed by atoms with Crippen LogP contribution in [0.5, 0.6) is 0 Å². The summed E-state index contributed by atoms with van der Waals surface area (Å²) >= 11 is 0. The average Bonchev–Trinajstić information content (AvgIpc) is 3.24. The van der Waals surface area contributed by atoms with Crippen molar-refractivity contribution in [3.63, 3.8) is 0 Å². The van der Waals surface area contributed by atoms with Crippen molar-refractivity contribution in [1.82, 2.24) is 15.0 Å². The van der Waals surface area contributed by atoms with E-state index in [-0.39, 0.29) is 23.9 Å². The molecule has 0 saturated heterocycles. The largest absolute Gasteiger partial charge is 0.480 e. The molecule has 10 heteroatoms. The highest BCUT2D eigenvalue weighted by molar-refractivity contribution is 5.87. The van der Waals surface area contributed by atoms with Gasteiger partial charge in [-0.15, -0.1) is 5.10 Å². The topological polar surface area (TPSA) is 133 Å². The first-order valence-corrected chi connectivity index (χ1v) is 10.1. The van der Waals surface area contributed by atoms with Gasteiger partial charge in [-0.05, 0) is 36.3 Å². The van der Waals surface area contributed by atoms with Crippen LogP contribution in [-0.4, -0.2) is 32.2 Å². The van der Waals surface area contributed by atoms with Gasteiger partial charge in [0.1, 0.15) is 17.8 Å². The molecule has 1 aromatic carbocycles. The average molecular weight is 446 g/mol. The highest BCUT2D eigenvalue weighted by Gasteiger charge is 2.54. The van der Waals surface area contributed by atoms with Crippen LogP contribution in [0, 0.1) is 11.8 Å². The summed E-state index contributed by atoms with van der Waals surface area (Å²) in [6.07, 6.45) is 0.422. The van der Waals surface area contributed by atoms with Gasteiger partial charge in [-0.25, -0.2) is 9.48 Å². The summed E-state index contributed by atoms with van der Waals surface area (Å²) in [7, 11) is 1.61. The van der Waals surface area contributed by atoms with Crippen molar-refractivity contribution < 1.29 is 28.3 Å². The Balaban J connectivity index is 1.29. The van der Waals surface area contributed by atoms with Crippen molar-refractivity contribution in [2.24, 2.45) is 7.05 Å². The number of furan rings is 2. The fourth-order valence-corrected chi connectivity index (χ4v) is 3.39. The zero-order chi connectivity index (χ0) is 23.0. The van der Waals surface area contributed by atoms with Crippen LogP contribution < -0.4 is 5.32 Å². The van der Waals surface area contributed by atoms with Crippen molar-refractivity contribution >= 4 is 29.0 Å². The smallest absolute Gasteiger partial charge is 0.413 e. The summed E-state index contributed by atoms with van der Waals surface area (Å²) in [5, 5.41) is 20.5. The monoisotopic (exact) mass is 446 g/mol. The zero-order valence-electron chi connectivity index (χ0n) is 17.5. The molecule has 5 rings (SSSR count). The summed E-state index contributed by atoms with van der Waals surface area (Å²) in [5.74, 6) is 5.91. The van der Waals surface area contributed by atoms with E-state index in [0.717, 1.165) is 5.56 Å². The maximum Gasteiger partial charge on any atom is 0.413 e. The first kappa shape index (κ1) is 20.4. The molecule has 4 aromatic rings. The Labute approximate surface area is 187 Å². The number of benzene rings is 1. The second kappa shape index (κ2) is 7.87. The van der Waals surface area contributed by atoms with E-state index in [4.69, 9.17) is 13.6 Å². The molecule has 2 N–H and O–H groups in total. The number of aryl methyl sites for hydroxylation is 1. The van der Waals surface area contributed by atoms with Crippen molar-refractivity contribution in [2.45, 2.75) is 24.9 Å². The van der Waals surface area contributed by atoms with Crippen LogP contribution in [0.25, 0.3) is 11.2 Å². The molecule has 1 aliphatic carbocycles. The molecule has 166 valence electrons. The van der Waals surface area contributed by atoms with Gasteiger partial charge >= 0.3 is 12.1 Å². The molecule has 3 heterocycles. The van der Waals surface area contributed by atoms with E-state index in [0.29, 0.717) is 29.7 Å². The normalized spacial score (nSPS) is 13.8. The number of fused-ring (bicyclic) bond motifs is 1. The summed E-state index contributed by atoms with van der Waals surface area (Å²) < 4.78 is 17.8. The van der Waals surface area contributed by atoms with Crippen LogP contribution in [0.15, 0.2) is 51.3 Å².